The van der Waals surface area contributed by atoms with Crippen molar-refractivity contribution >= 4 is 23.2 Å². The predicted octanol–water partition coefficient (Wildman–Crippen LogP) is 5.96. The Labute approximate surface area is 189 Å². The first-order chi connectivity index (χ1) is 15.6. The molecular weight excluding hydrogens is 398 g/mol. The maximum atomic E-state index is 12.6. The Morgan fingerprint density at radius 3 is 2.19 bits per heavy atom. The van der Waals surface area contributed by atoms with Crippen LogP contribution in [0.5, 0.6) is 0 Å². The third-order valence-electron chi connectivity index (χ3n) is 5.10. The quantitative estimate of drug-likeness (QED) is 0.251. The van der Waals surface area contributed by atoms with Crippen LogP contribution in [0.2, 0.25) is 0 Å². The van der Waals surface area contributed by atoms with E-state index in [1.165, 1.54) is 0 Å². The highest BCUT2D eigenvalue weighted by atomic mass is 16.2. The molecule has 2 N–H and O–H groups in total. The van der Waals surface area contributed by atoms with Crippen molar-refractivity contribution in [1.82, 2.24) is 5.43 Å². The van der Waals surface area contributed by atoms with Gasteiger partial charge >= 0.3 is 0 Å². The van der Waals surface area contributed by atoms with Crippen LogP contribution in [-0.2, 0) is 0 Å². The second-order valence-electron chi connectivity index (χ2n) is 7.72. The van der Waals surface area contributed by atoms with Gasteiger partial charge in [0.2, 0.25) is 0 Å². The first-order valence-corrected chi connectivity index (χ1v) is 11.0. The highest BCUT2D eigenvalue weighted by Crippen LogP contribution is 2.13. The summed E-state index contributed by atoms with van der Waals surface area (Å²) in [6, 6.07) is 24.1. The molecular formula is C27H29N3O2. The number of hydrazone groups is 1. The van der Waals surface area contributed by atoms with Crippen molar-refractivity contribution in [2.24, 2.45) is 5.10 Å². The first-order valence-electron chi connectivity index (χ1n) is 11.0. The van der Waals surface area contributed by atoms with E-state index in [-0.39, 0.29) is 11.8 Å². The van der Waals surface area contributed by atoms with Gasteiger partial charge in [-0.2, -0.15) is 5.10 Å². The van der Waals surface area contributed by atoms with E-state index in [2.05, 4.69) is 22.8 Å². The van der Waals surface area contributed by atoms with E-state index in [0.717, 1.165) is 42.5 Å². The van der Waals surface area contributed by atoms with Crippen molar-refractivity contribution in [3.05, 3.63) is 101 Å². The van der Waals surface area contributed by atoms with E-state index < -0.39 is 0 Å². The highest BCUT2D eigenvalue weighted by Gasteiger charge is 2.09. The number of amides is 2. The van der Waals surface area contributed by atoms with E-state index in [0.29, 0.717) is 16.8 Å². The van der Waals surface area contributed by atoms with Crippen LogP contribution in [0.4, 0.5) is 5.69 Å². The van der Waals surface area contributed by atoms with Gasteiger partial charge in [-0.15, -0.1) is 0 Å². The molecule has 0 fully saturated rings. The molecule has 0 radical (unpaired) electrons. The minimum absolute atomic E-state index is 0.185. The molecule has 0 bridgehead atoms. The summed E-state index contributed by atoms with van der Waals surface area (Å²) >= 11 is 0. The number of unbranched alkanes of at least 4 members (excludes halogenated alkanes) is 2. The molecule has 0 atom stereocenters. The van der Waals surface area contributed by atoms with Crippen LogP contribution in [-0.4, -0.2) is 17.5 Å². The number of carbonyl (C=O) groups excluding carboxylic acids is 2. The Kier molecular flexibility index (Phi) is 8.32. The number of rotatable bonds is 9. The average Bonchev–Trinajstić information content (AvgIpc) is 2.82. The first kappa shape index (κ1) is 22.9. The van der Waals surface area contributed by atoms with Gasteiger partial charge in [-0.1, -0.05) is 67.8 Å². The van der Waals surface area contributed by atoms with Crippen molar-refractivity contribution in [1.29, 1.82) is 0 Å². The number of nitrogens with one attached hydrogen (secondary N) is 2. The third kappa shape index (κ3) is 6.64. The van der Waals surface area contributed by atoms with Gasteiger partial charge in [-0.05, 0) is 61.7 Å². The van der Waals surface area contributed by atoms with Crippen LogP contribution in [0, 0.1) is 6.92 Å². The molecule has 3 rings (SSSR count). The molecule has 0 saturated carbocycles. The van der Waals surface area contributed by atoms with Gasteiger partial charge in [0.15, 0.2) is 0 Å². The second-order valence-corrected chi connectivity index (χ2v) is 7.72. The van der Waals surface area contributed by atoms with E-state index in [4.69, 9.17) is 0 Å². The molecule has 0 saturated heterocycles. The lowest BCUT2D eigenvalue weighted by molar-refractivity contribution is 0.0954. The Morgan fingerprint density at radius 1 is 0.781 bits per heavy atom. The smallest absolute Gasteiger partial charge is 0.271 e. The van der Waals surface area contributed by atoms with Crippen LogP contribution in [0.1, 0.15) is 64.4 Å². The lowest BCUT2D eigenvalue weighted by Crippen LogP contribution is -2.20. The number of hydrogen-bond acceptors (Lipinski definition) is 3. The van der Waals surface area contributed by atoms with E-state index in [1.807, 2.05) is 55.5 Å². The van der Waals surface area contributed by atoms with Crippen molar-refractivity contribution in [3.8, 4) is 0 Å². The summed E-state index contributed by atoms with van der Waals surface area (Å²) in [6.45, 7) is 4.10. The Balaban J connectivity index is 1.64. The molecule has 5 nitrogen and oxygen atoms in total. The summed E-state index contributed by atoms with van der Waals surface area (Å²) in [4.78, 5) is 25.0. The van der Waals surface area contributed by atoms with Crippen LogP contribution in [0.3, 0.4) is 0 Å². The summed E-state index contributed by atoms with van der Waals surface area (Å²) in [5.41, 5.74) is 7.28. The third-order valence-corrected chi connectivity index (χ3v) is 5.10. The molecule has 164 valence electrons. The van der Waals surface area contributed by atoms with Gasteiger partial charge in [0.05, 0.1) is 5.71 Å². The summed E-state index contributed by atoms with van der Waals surface area (Å²) < 4.78 is 0. The minimum atomic E-state index is -0.287. The maximum absolute atomic E-state index is 12.6. The molecule has 32 heavy (non-hydrogen) atoms. The second kappa shape index (κ2) is 11.6. The number of benzene rings is 3. The minimum Gasteiger partial charge on any atom is -0.322 e. The van der Waals surface area contributed by atoms with E-state index >= 15 is 0 Å². The lowest BCUT2D eigenvalue weighted by atomic mass is 10.0. The molecule has 5 heteroatoms. The summed E-state index contributed by atoms with van der Waals surface area (Å²) in [7, 11) is 0. The molecule has 0 heterocycles. The Hall–Kier alpha value is -3.73. The largest absolute Gasteiger partial charge is 0.322 e. The zero-order chi connectivity index (χ0) is 22.8. The molecule has 0 unspecified atom stereocenters. The van der Waals surface area contributed by atoms with Crippen molar-refractivity contribution in [3.63, 3.8) is 0 Å². The summed E-state index contributed by atoms with van der Waals surface area (Å²) in [6.07, 6.45) is 4.08. The monoisotopic (exact) mass is 427 g/mol. The predicted molar refractivity (Wildman–Crippen MR) is 130 cm³/mol. The van der Waals surface area contributed by atoms with Crippen LogP contribution in [0.15, 0.2) is 84.0 Å². The Morgan fingerprint density at radius 2 is 1.50 bits per heavy atom. The van der Waals surface area contributed by atoms with Gasteiger partial charge in [0, 0.05) is 16.8 Å². The van der Waals surface area contributed by atoms with Gasteiger partial charge in [-0.3, -0.25) is 9.59 Å². The number of aryl methyl sites for hydroxylation is 1. The standard InChI is InChI=1S/C27H29N3O2/c1-3-4-6-14-25(21-11-7-5-8-12-21)29-30-27(32)22-15-17-24(18-16-22)28-26(31)23-13-9-10-20(2)19-23/h5,7-13,15-19H,3-4,6,14H2,1-2H3,(H,28,31)(H,30,32)/b29-25-. The van der Waals surface area contributed by atoms with Gasteiger partial charge in [-0.25, -0.2) is 5.43 Å². The molecule has 0 aromatic heterocycles. The molecule has 0 spiro atoms. The lowest BCUT2D eigenvalue weighted by Gasteiger charge is -2.09. The highest BCUT2D eigenvalue weighted by molar-refractivity contribution is 6.05. The Bertz CT molecular complexity index is 1070. The number of nitrogens with zero attached hydrogens (tertiary/aromatic N) is 1. The number of hydrogen-bond donors (Lipinski definition) is 2. The average molecular weight is 428 g/mol. The van der Waals surface area contributed by atoms with E-state index in [9.17, 15) is 9.59 Å². The molecule has 3 aromatic carbocycles. The normalized spacial score (nSPS) is 11.1. The summed E-state index contributed by atoms with van der Waals surface area (Å²) in [5, 5.41) is 7.26. The molecule has 2 amide bonds. The van der Waals surface area contributed by atoms with Crippen LogP contribution >= 0.6 is 0 Å². The topological polar surface area (TPSA) is 70.6 Å². The van der Waals surface area contributed by atoms with Gasteiger partial charge in [0.1, 0.15) is 0 Å². The number of carbonyl (C=O) groups is 2. The zero-order valence-corrected chi connectivity index (χ0v) is 18.6. The van der Waals surface area contributed by atoms with E-state index in [1.54, 1.807) is 30.3 Å². The zero-order valence-electron chi connectivity index (χ0n) is 18.6. The maximum Gasteiger partial charge on any atom is 0.271 e. The molecule has 3 aromatic rings. The van der Waals surface area contributed by atoms with Crippen LogP contribution < -0.4 is 10.7 Å². The summed E-state index contributed by atoms with van der Waals surface area (Å²) in [5.74, 6) is -0.472. The fraction of sp³-hybridized carbons (Fsp3) is 0.222. The fourth-order valence-corrected chi connectivity index (χ4v) is 3.32. The molecule has 0 aliphatic carbocycles. The van der Waals surface area contributed by atoms with Crippen LogP contribution in [0.25, 0.3) is 0 Å². The molecule has 0 aliphatic heterocycles. The SMILES string of the molecule is CCCCC/C(=N/NC(=O)c1ccc(NC(=O)c2cccc(C)c2)cc1)c1ccccc1. The van der Waals surface area contributed by atoms with Crippen molar-refractivity contribution < 1.29 is 9.59 Å². The van der Waals surface area contributed by atoms with Gasteiger partial charge in [0.25, 0.3) is 11.8 Å². The van der Waals surface area contributed by atoms with Crippen molar-refractivity contribution in [2.45, 2.75) is 39.5 Å². The van der Waals surface area contributed by atoms with Gasteiger partial charge < -0.3 is 5.32 Å². The molecule has 0 aliphatic rings. The number of anilines is 1. The van der Waals surface area contributed by atoms with Crippen molar-refractivity contribution in [2.75, 3.05) is 5.32 Å². The fourth-order valence-electron chi connectivity index (χ4n) is 3.32.